The molecule has 0 aliphatic heterocycles. The fourth-order valence-corrected chi connectivity index (χ4v) is 1.24. The van der Waals surface area contributed by atoms with Crippen LogP contribution in [0.3, 0.4) is 0 Å². The molecule has 1 atom stereocenters. The molecule has 3 nitrogen and oxygen atoms in total. The second-order valence-electron chi connectivity index (χ2n) is 2.21. The highest BCUT2D eigenvalue weighted by Gasteiger charge is 1.96. The molecular formula is C7H10NO2P. The van der Waals surface area contributed by atoms with Gasteiger partial charge in [0.2, 0.25) is 8.03 Å². The maximum atomic E-state index is 10.6. The normalized spacial score (nSPS) is 12.9. The Morgan fingerprint density at radius 3 is 2.27 bits per heavy atom. The molecule has 60 valence electrons. The molecule has 0 fully saturated rings. The Bertz CT molecular complexity index is 258. The van der Waals surface area contributed by atoms with Crippen LogP contribution in [0, 0.1) is 0 Å². The fraction of sp³-hybridized carbons (Fsp3) is 0.143. The smallest absolute Gasteiger partial charge is 0.218 e. The van der Waals surface area contributed by atoms with Crippen molar-refractivity contribution in [2.45, 2.75) is 6.54 Å². The van der Waals surface area contributed by atoms with Crippen molar-refractivity contribution >= 4 is 13.3 Å². The molecule has 0 spiro atoms. The van der Waals surface area contributed by atoms with Gasteiger partial charge in [-0.15, -0.1) is 0 Å². The molecule has 4 heteroatoms. The molecule has 3 N–H and O–H groups in total. The molecule has 0 aromatic heterocycles. The summed E-state index contributed by atoms with van der Waals surface area (Å²) in [7, 11) is -2.53. The van der Waals surface area contributed by atoms with E-state index in [1.54, 1.807) is 24.3 Å². The molecule has 0 saturated heterocycles. The molecular weight excluding hydrogens is 161 g/mol. The summed E-state index contributed by atoms with van der Waals surface area (Å²) in [5.41, 5.74) is 6.31. The molecule has 1 rings (SSSR count). The van der Waals surface area contributed by atoms with Gasteiger partial charge in [0.15, 0.2) is 0 Å². The van der Waals surface area contributed by atoms with Gasteiger partial charge in [-0.3, -0.25) is 4.57 Å². The largest absolute Gasteiger partial charge is 0.343 e. The van der Waals surface area contributed by atoms with Crippen LogP contribution in [0.25, 0.3) is 0 Å². The highest BCUT2D eigenvalue weighted by molar-refractivity contribution is 7.47. The van der Waals surface area contributed by atoms with E-state index in [2.05, 4.69) is 0 Å². The average molecular weight is 171 g/mol. The molecule has 11 heavy (non-hydrogen) atoms. The van der Waals surface area contributed by atoms with Crippen LogP contribution in [0.2, 0.25) is 0 Å². The molecule has 0 radical (unpaired) electrons. The molecule has 1 unspecified atom stereocenters. The lowest BCUT2D eigenvalue weighted by Crippen LogP contribution is -2.00. The second-order valence-corrected chi connectivity index (χ2v) is 3.39. The van der Waals surface area contributed by atoms with Crippen molar-refractivity contribution in [1.29, 1.82) is 0 Å². The van der Waals surface area contributed by atoms with E-state index in [1.165, 1.54) is 0 Å². The summed E-state index contributed by atoms with van der Waals surface area (Å²) in [5.74, 6) is 0. The van der Waals surface area contributed by atoms with Gasteiger partial charge in [-0.25, -0.2) is 0 Å². The lowest BCUT2D eigenvalue weighted by atomic mass is 10.2. The zero-order valence-electron chi connectivity index (χ0n) is 5.95. The van der Waals surface area contributed by atoms with Gasteiger partial charge in [0, 0.05) is 11.8 Å². The quantitative estimate of drug-likeness (QED) is 0.626. The Hall–Kier alpha value is -0.630. The number of nitrogens with two attached hydrogens (primary N) is 1. The Labute approximate surface area is 65.7 Å². The summed E-state index contributed by atoms with van der Waals surface area (Å²) in [4.78, 5) is 8.70. The summed E-state index contributed by atoms with van der Waals surface area (Å²) in [6, 6.07) is 6.77. The van der Waals surface area contributed by atoms with Gasteiger partial charge in [-0.05, 0) is 17.7 Å². The lowest BCUT2D eigenvalue weighted by Gasteiger charge is -1.97. The standard InChI is InChI=1S/C7H10NO2P/c8-5-6-1-3-7(4-2-6)11(9)10/h1-4,11H,5,8H2,(H,9,10). The van der Waals surface area contributed by atoms with Crippen molar-refractivity contribution in [2.75, 3.05) is 0 Å². The number of hydrogen-bond donors (Lipinski definition) is 2. The Kier molecular flexibility index (Phi) is 2.83. The average Bonchev–Trinajstić information content (AvgIpc) is 2.05. The van der Waals surface area contributed by atoms with Gasteiger partial charge in [0.05, 0.1) is 0 Å². The maximum Gasteiger partial charge on any atom is 0.218 e. The summed E-state index contributed by atoms with van der Waals surface area (Å²) < 4.78 is 10.6. The first-order valence-electron chi connectivity index (χ1n) is 3.26. The van der Waals surface area contributed by atoms with Crippen LogP contribution in [-0.2, 0) is 11.1 Å². The molecule has 1 aromatic rings. The minimum Gasteiger partial charge on any atom is -0.343 e. The van der Waals surface area contributed by atoms with Crippen LogP contribution in [0.1, 0.15) is 5.56 Å². The summed E-state index contributed by atoms with van der Waals surface area (Å²) >= 11 is 0. The van der Waals surface area contributed by atoms with Crippen molar-refractivity contribution in [3.05, 3.63) is 29.8 Å². The fourth-order valence-electron chi connectivity index (χ4n) is 0.783. The second kappa shape index (κ2) is 3.67. The van der Waals surface area contributed by atoms with Crippen molar-refractivity contribution in [1.82, 2.24) is 0 Å². The highest BCUT2D eigenvalue weighted by Crippen LogP contribution is 2.12. The van der Waals surface area contributed by atoms with E-state index in [1.807, 2.05) is 0 Å². The minimum atomic E-state index is -2.53. The molecule has 0 aliphatic rings. The van der Waals surface area contributed by atoms with Crippen molar-refractivity contribution in [3.8, 4) is 0 Å². The summed E-state index contributed by atoms with van der Waals surface area (Å²) in [6.07, 6.45) is 0. The van der Waals surface area contributed by atoms with E-state index in [4.69, 9.17) is 10.6 Å². The summed E-state index contributed by atoms with van der Waals surface area (Å²) in [5, 5.41) is 0.479. The molecule has 0 amide bonds. The van der Waals surface area contributed by atoms with Crippen LogP contribution in [0.5, 0.6) is 0 Å². The van der Waals surface area contributed by atoms with E-state index >= 15 is 0 Å². The molecule has 0 saturated carbocycles. The number of benzene rings is 1. The van der Waals surface area contributed by atoms with Gasteiger partial charge in [0.25, 0.3) is 0 Å². The van der Waals surface area contributed by atoms with Gasteiger partial charge >= 0.3 is 0 Å². The predicted molar refractivity (Wildman–Crippen MR) is 45.2 cm³/mol. The van der Waals surface area contributed by atoms with Gasteiger partial charge in [-0.1, -0.05) is 12.1 Å². The first-order valence-corrected chi connectivity index (χ1v) is 4.62. The zero-order valence-corrected chi connectivity index (χ0v) is 6.95. The third-order valence-corrected chi connectivity index (χ3v) is 2.26. The molecule has 1 aromatic carbocycles. The monoisotopic (exact) mass is 171 g/mol. The van der Waals surface area contributed by atoms with Crippen LogP contribution >= 0.6 is 8.03 Å². The molecule has 0 bridgehead atoms. The zero-order chi connectivity index (χ0) is 8.27. The van der Waals surface area contributed by atoms with Crippen LogP contribution in [-0.4, -0.2) is 4.89 Å². The molecule has 0 aliphatic carbocycles. The van der Waals surface area contributed by atoms with Crippen LogP contribution in [0.15, 0.2) is 24.3 Å². The van der Waals surface area contributed by atoms with Crippen LogP contribution < -0.4 is 11.0 Å². The first kappa shape index (κ1) is 8.47. The first-order chi connectivity index (χ1) is 5.24. The van der Waals surface area contributed by atoms with Crippen molar-refractivity contribution in [2.24, 2.45) is 5.73 Å². The van der Waals surface area contributed by atoms with Gasteiger partial charge in [-0.2, -0.15) is 0 Å². The summed E-state index contributed by atoms with van der Waals surface area (Å²) in [6.45, 7) is 0.465. The third kappa shape index (κ3) is 2.15. The Balaban J connectivity index is 2.91. The van der Waals surface area contributed by atoms with Crippen molar-refractivity contribution < 1.29 is 9.46 Å². The lowest BCUT2D eigenvalue weighted by molar-refractivity contribution is 0.513. The van der Waals surface area contributed by atoms with Crippen LogP contribution in [0.4, 0.5) is 0 Å². The minimum absolute atomic E-state index is 0.465. The SMILES string of the molecule is NCc1ccc([PH](=O)O)cc1. The maximum absolute atomic E-state index is 10.6. The van der Waals surface area contributed by atoms with E-state index in [9.17, 15) is 4.57 Å². The number of hydrogen-bond acceptors (Lipinski definition) is 2. The Morgan fingerprint density at radius 2 is 1.91 bits per heavy atom. The number of rotatable bonds is 2. The van der Waals surface area contributed by atoms with Gasteiger partial charge in [0.1, 0.15) is 0 Å². The van der Waals surface area contributed by atoms with E-state index in [0.29, 0.717) is 11.8 Å². The topological polar surface area (TPSA) is 63.3 Å². The predicted octanol–water partition coefficient (Wildman–Crippen LogP) is 0.238. The molecule has 0 heterocycles. The van der Waals surface area contributed by atoms with E-state index < -0.39 is 8.03 Å². The Morgan fingerprint density at radius 1 is 1.36 bits per heavy atom. The highest BCUT2D eigenvalue weighted by atomic mass is 31.1. The van der Waals surface area contributed by atoms with Gasteiger partial charge < -0.3 is 10.6 Å². The third-order valence-electron chi connectivity index (χ3n) is 1.44. The van der Waals surface area contributed by atoms with E-state index in [-0.39, 0.29) is 0 Å². The van der Waals surface area contributed by atoms with Crippen molar-refractivity contribution in [3.63, 3.8) is 0 Å². The van der Waals surface area contributed by atoms with E-state index in [0.717, 1.165) is 5.56 Å².